The maximum Gasteiger partial charge on any atom is 0.325 e. The van der Waals surface area contributed by atoms with E-state index in [9.17, 15) is 14.4 Å². The zero-order chi connectivity index (χ0) is 27.4. The van der Waals surface area contributed by atoms with E-state index in [0.717, 1.165) is 29.8 Å². The van der Waals surface area contributed by atoms with Crippen molar-refractivity contribution in [3.63, 3.8) is 0 Å². The lowest BCUT2D eigenvalue weighted by molar-refractivity contribution is -0.133. The molecule has 5 rings (SSSR count). The van der Waals surface area contributed by atoms with Crippen molar-refractivity contribution in [2.45, 2.75) is 51.2 Å². The first kappa shape index (κ1) is 26.6. The third-order valence-corrected chi connectivity index (χ3v) is 7.78. The summed E-state index contributed by atoms with van der Waals surface area (Å²) in [6, 6.07) is 19.2. The summed E-state index contributed by atoms with van der Waals surface area (Å²) < 4.78 is 1.76. The Hall–Kier alpha value is -3.98. The van der Waals surface area contributed by atoms with E-state index in [1.165, 1.54) is 4.90 Å². The van der Waals surface area contributed by atoms with Gasteiger partial charge in [-0.3, -0.25) is 14.5 Å². The Morgan fingerprint density at radius 1 is 1.03 bits per heavy atom. The average Bonchev–Trinajstić information content (AvgIpc) is 3.56. The van der Waals surface area contributed by atoms with E-state index in [2.05, 4.69) is 20.6 Å². The molecule has 204 valence electrons. The van der Waals surface area contributed by atoms with Crippen LogP contribution in [0.1, 0.15) is 50.3 Å². The molecule has 39 heavy (non-hydrogen) atoms. The van der Waals surface area contributed by atoms with Gasteiger partial charge >= 0.3 is 6.03 Å². The lowest BCUT2D eigenvalue weighted by Crippen LogP contribution is -2.55. The van der Waals surface area contributed by atoms with Crippen molar-refractivity contribution >= 4 is 17.8 Å². The van der Waals surface area contributed by atoms with Crippen LogP contribution in [0.15, 0.2) is 73.1 Å². The van der Waals surface area contributed by atoms with Gasteiger partial charge in [0.05, 0.1) is 18.3 Å². The number of hydrogen-bond acceptors (Lipinski definition) is 5. The van der Waals surface area contributed by atoms with Crippen molar-refractivity contribution in [2.24, 2.45) is 5.92 Å². The Morgan fingerprint density at radius 2 is 1.74 bits per heavy atom. The highest BCUT2D eigenvalue weighted by Gasteiger charge is 2.52. The van der Waals surface area contributed by atoms with Crippen molar-refractivity contribution in [1.82, 2.24) is 30.2 Å². The molecule has 9 nitrogen and oxygen atoms in total. The summed E-state index contributed by atoms with van der Waals surface area (Å²) in [5.41, 5.74) is 2.06. The van der Waals surface area contributed by atoms with Gasteiger partial charge in [-0.25, -0.2) is 9.48 Å². The molecule has 0 aliphatic carbocycles. The fourth-order valence-corrected chi connectivity index (χ4v) is 5.33. The molecule has 2 aliphatic rings. The molecule has 3 aromatic rings. The van der Waals surface area contributed by atoms with Crippen molar-refractivity contribution in [3.05, 3.63) is 84.2 Å². The molecule has 9 heteroatoms. The highest BCUT2D eigenvalue weighted by Crippen LogP contribution is 2.31. The predicted octanol–water partition coefficient (Wildman–Crippen LogP) is 3.66. The van der Waals surface area contributed by atoms with Crippen LogP contribution in [0.25, 0.3) is 5.69 Å². The van der Waals surface area contributed by atoms with Crippen LogP contribution in [-0.4, -0.2) is 62.6 Å². The second-order valence-electron chi connectivity index (χ2n) is 10.8. The second-order valence-corrected chi connectivity index (χ2v) is 10.8. The molecule has 1 aromatic heterocycles. The van der Waals surface area contributed by atoms with E-state index in [4.69, 9.17) is 0 Å². The van der Waals surface area contributed by atoms with Crippen LogP contribution in [0.4, 0.5) is 4.79 Å². The summed E-state index contributed by atoms with van der Waals surface area (Å²) in [5, 5.41) is 10.4. The number of carbonyl (C=O) groups is 3. The van der Waals surface area contributed by atoms with Crippen LogP contribution in [0.2, 0.25) is 0 Å². The minimum absolute atomic E-state index is 0.0387. The van der Waals surface area contributed by atoms with Crippen molar-refractivity contribution in [1.29, 1.82) is 0 Å². The minimum atomic E-state index is -0.840. The Balaban J connectivity index is 1.17. The van der Waals surface area contributed by atoms with E-state index in [-0.39, 0.29) is 36.3 Å². The number of piperidine rings is 1. The minimum Gasteiger partial charge on any atom is -0.349 e. The first-order chi connectivity index (χ1) is 18.8. The Bertz CT molecular complexity index is 1280. The van der Waals surface area contributed by atoms with E-state index in [1.807, 2.05) is 80.7 Å². The summed E-state index contributed by atoms with van der Waals surface area (Å²) in [7, 11) is 0. The van der Waals surface area contributed by atoms with Gasteiger partial charge in [-0.2, -0.15) is 5.10 Å². The van der Waals surface area contributed by atoms with Gasteiger partial charge in [0.15, 0.2) is 0 Å². The number of likely N-dealkylation sites (tertiary alicyclic amines) is 1. The quantitative estimate of drug-likeness (QED) is 0.413. The molecule has 2 fully saturated rings. The lowest BCUT2D eigenvalue weighted by atomic mass is 9.87. The molecule has 0 saturated carbocycles. The lowest BCUT2D eigenvalue weighted by Gasteiger charge is -2.37. The van der Waals surface area contributed by atoms with Gasteiger partial charge in [0.25, 0.3) is 5.91 Å². The van der Waals surface area contributed by atoms with E-state index in [0.29, 0.717) is 25.9 Å². The molecule has 3 heterocycles. The zero-order valence-electron chi connectivity index (χ0n) is 22.5. The third-order valence-electron chi connectivity index (χ3n) is 7.78. The fraction of sp³-hybridized carbons (Fsp3) is 0.400. The summed E-state index contributed by atoms with van der Waals surface area (Å²) >= 11 is 0. The van der Waals surface area contributed by atoms with Crippen LogP contribution in [-0.2, 0) is 16.1 Å². The van der Waals surface area contributed by atoms with Crippen LogP contribution < -0.4 is 10.6 Å². The van der Waals surface area contributed by atoms with Crippen LogP contribution in [0, 0.1) is 5.92 Å². The first-order valence-electron chi connectivity index (χ1n) is 13.7. The molecule has 2 aromatic carbocycles. The van der Waals surface area contributed by atoms with Crippen molar-refractivity contribution in [3.8, 4) is 5.69 Å². The summed E-state index contributed by atoms with van der Waals surface area (Å²) in [6.45, 7) is 6.24. The van der Waals surface area contributed by atoms with Gasteiger partial charge in [-0.1, -0.05) is 56.3 Å². The molecule has 0 bridgehead atoms. The standard InChI is InChI=1S/C30H36N6O3/c1-22(2)27(37)32-26(24-7-4-3-5-8-24)13-18-34-19-14-30(15-20-34)28(38)35(29(39)33-30)21-23-9-11-25(12-10-23)36-17-6-16-31-36/h3-12,16-17,22,26H,13-15,18-21H2,1-2H3,(H,32,37)(H,33,39)/t26-/m0/s1. The molecule has 0 unspecified atom stereocenters. The predicted molar refractivity (Wildman–Crippen MR) is 148 cm³/mol. The van der Waals surface area contributed by atoms with Crippen LogP contribution >= 0.6 is 0 Å². The molecular formula is C30H36N6O3. The number of urea groups is 1. The third kappa shape index (κ3) is 5.88. The van der Waals surface area contributed by atoms with Gasteiger partial charge in [-0.15, -0.1) is 0 Å². The summed E-state index contributed by atoms with van der Waals surface area (Å²) in [4.78, 5) is 42.4. The van der Waals surface area contributed by atoms with Gasteiger partial charge in [0.2, 0.25) is 5.91 Å². The molecule has 4 amide bonds. The monoisotopic (exact) mass is 528 g/mol. The number of amides is 4. The van der Waals surface area contributed by atoms with Gasteiger partial charge in [-0.05, 0) is 48.6 Å². The normalized spacial score (nSPS) is 18.0. The smallest absolute Gasteiger partial charge is 0.325 e. The molecule has 1 atom stereocenters. The SMILES string of the molecule is CC(C)C(=O)N[C@@H](CCN1CCC2(CC1)NC(=O)N(Cc1ccc(-n3cccn3)cc1)C2=O)c1ccccc1. The second kappa shape index (κ2) is 11.4. The number of nitrogens with zero attached hydrogens (tertiary/aromatic N) is 4. The molecule has 2 aliphatic heterocycles. The molecular weight excluding hydrogens is 492 g/mol. The van der Waals surface area contributed by atoms with Gasteiger partial charge in [0.1, 0.15) is 5.54 Å². The number of rotatable bonds is 9. The number of aromatic nitrogens is 2. The number of nitrogens with one attached hydrogen (secondary N) is 2. The number of imide groups is 1. The van der Waals surface area contributed by atoms with E-state index < -0.39 is 5.54 Å². The van der Waals surface area contributed by atoms with Gasteiger partial charge in [0, 0.05) is 37.9 Å². The van der Waals surface area contributed by atoms with Crippen LogP contribution in [0.3, 0.4) is 0 Å². The Morgan fingerprint density at radius 3 is 2.38 bits per heavy atom. The van der Waals surface area contributed by atoms with Gasteiger partial charge < -0.3 is 15.5 Å². The molecule has 0 radical (unpaired) electrons. The first-order valence-corrected chi connectivity index (χ1v) is 13.7. The maximum atomic E-state index is 13.5. The Kier molecular flexibility index (Phi) is 7.79. The van der Waals surface area contributed by atoms with Crippen molar-refractivity contribution in [2.75, 3.05) is 19.6 Å². The molecule has 2 N–H and O–H groups in total. The molecule has 1 spiro atoms. The number of carbonyl (C=O) groups excluding carboxylic acids is 3. The Labute approximate surface area is 229 Å². The fourth-order valence-electron chi connectivity index (χ4n) is 5.33. The number of hydrogen-bond donors (Lipinski definition) is 2. The maximum absolute atomic E-state index is 13.5. The largest absolute Gasteiger partial charge is 0.349 e. The van der Waals surface area contributed by atoms with E-state index in [1.54, 1.807) is 10.9 Å². The highest BCUT2D eigenvalue weighted by molar-refractivity contribution is 6.07. The molecule has 2 saturated heterocycles. The zero-order valence-corrected chi connectivity index (χ0v) is 22.5. The van der Waals surface area contributed by atoms with Crippen LogP contribution in [0.5, 0.6) is 0 Å². The average molecular weight is 529 g/mol. The topological polar surface area (TPSA) is 99.6 Å². The van der Waals surface area contributed by atoms with Crippen molar-refractivity contribution < 1.29 is 14.4 Å². The summed E-state index contributed by atoms with van der Waals surface area (Å²) in [5.74, 6) is -0.188. The highest BCUT2D eigenvalue weighted by atomic mass is 16.2. The number of benzene rings is 2. The summed E-state index contributed by atoms with van der Waals surface area (Å²) in [6.07, 6.45) is 5.50. The van der Waals surface area contributed by atoms with E-state index >= 15 is 0 Å².